The Morgan fingerprint density at radius 2 is 2.47 bits per heavy atom. The third-order valence-corrected chi connectivity index (χ3v) is 2.96. The quantitative estimate of drug-likeness (QED) is 0.698. The van der Waals surface area contributed by atoms with Crippen LogP contribution in [0.2, 0.25) is 0 Å². The number of carbonyl (C=O) groups is 1. The van der Waals surface area contributed by atoms with E-state index in [4.69, 9.17) is 0 Å². The molecule has 1 heterocycles. The molecule has 1 N–H and O–H groups in total. The van der Waals surface area contributed by atoms with E-state index < -0.39 is 0 Å². The molecule has 1 aliphatic rings. The van der Waals surface area contributed by atoms with E-state index in [0.717, 1.165) is 32.4 Å². The first-order valence-electron chi connectivity index (χ1n) is 5.76. The van der Waals surface area contributed by atoms with E-state index in [1.165, 1.54) is 0 Å². The van der Waals surface area contributed by atoms with Gasteiger partial charge in [-0.1, -0.05) is 6.08 Å². The van der Waals surface area contributed by atoms with Gasteiger partial charge in [-0.2, -0.15) is 0 Å². The van der Waals surface area contributed by atoms with Crippen LogP contribution in [0.15, 0.2) is 12.7 Å². The van der Waals surface area contributed by atoms with E-state index in [1.807, 2.05) is 11.0 Å². The summed E-state index contributed by atoms with van der Waals surface area (Å²) in [7, 11) is 0. The van der Waals surface area contributed by atoms with Crippen LogP contribution < -0.4 is 5.32 Å². The minimum absolute atomic E-state index is 0.193. The SMILES string of the molecule is C=CCCC(C)NC1CCN(C(C)=O)C1. The smallest absolute Gasteiger partial charge is 0.219 e. The maximum atomic E-state index is 11.1. The van der Waals surface area contributed by atoms with E-state index in [9.17, 15) is 4.79 Å². The van der Waals surface area contributed by atoms with Gasteiger partial charge in [-0.3, -0.25) is 4.79 Å². The molecule has 0 aromatic heterocycles. The van der Waals surface area contributed by atoms with Crippen molar-refractivity contribution < 1.29 is 4.79 Å². The molecule has 0 bridgehead atoms. The second-order valence-corrected chi connectivity index (χ2v) is 4.38. The molecule has 3 nitrogen and oxygen atoms in total. The predicted molar refractivity (Wildman–Crippen MR) is 62.7 cm³/mol. The summed E-state index contributed by atoms with van der Waals surface area (Å²) in [6, 6.07) is 0.994. The fourth-order valence-electron chi connectivity index (χ4n) is 2.04. The maximum absolute atomic E-state index is 11.1. The summed E-state index contributed by atoms with van der Waals surface area (Å²) in [5.41, 5.74) is 0. The molecule has 0 aliphatic carbocycles. The molecule has 1 saturated heterocycles. The van der Waals surface area contributed by atoms with E-state index >= 15 is 0 Å². The molecule has 86 valence electrons. The van der Waals surface area contributed by atoms with Gasteiger partial charge >= 0.3 is 0 Å². The fourth-order valence-corrected chi connectivity index (χ4v) is 2.04. The molecule has 0 saturated carbocycles. The van der Waals surface area contributed by atoms with Crippen LogP contribution in [0.25, 0.3) is 0 Å². The second kappa shape index (κ2) is 5.91. The van der Waals surface area contributed by atoms with Crippen molar-refractivity contribution in [1.82, 2.24) is 10.2 Å². The number of amides is 1. The Morgan fingerprint density at radius 3 is 3.00 bits per heavy atom. The zero-order chi connectivity index (χ0) is 11.3. The van der Waals surface area contributed by atoms with Gasteiger partial charge in [-0.15, -0.1) is 6.58 Å². The summed E-state index contributed by atoms with van der Waals surface area (Å²) in [4.78, 5) is 13.0. The molecule has 3 heteroatoms. The first-order valence-corrected chi connectivity index (χ1v) is 5.76. The normalized spacial score (nSPS) is 22.8. The lowest BCUT2D eigenvalue weighted by molar-refractivity contribution is -0.127. The highest BCUT2D eigenvalue weighted by Gasteiger charge is 2.24. The van der Waals surface area contributed by atoms with Crippen LogP contribution in [0.4, 0.5) is 0 Å². The standard InChI is InChI=1S/C12H22N2O/c1-4-5-6-10(2)13-12-7-8-14(9-12)11(3)15/h4,10,12-13H,1,5-9H2,2-3H3. The van der Waals surface area contributed by atoms with Crippen LogP contribution >= 0.6 is 0 Å². The van der Waals surface area contributed by atoms with Crippen molar-refractivity contribution in [3.8, 4) is 0 Å². The van der Waals surface area contributed by atoms with Crippen molar-refractivity contribution in [3.63, 3.8) is 0 Å². The molecule has 15 heavy (non-hydrogen) atoms. The molecule has 1 amide bonds. The van der Waals surface area contributed by atoms with Crippen molar-refractivity contribution in [2.45, 2.75) is 45.2 Å². The number of rotatable bonds is 5. The second-order valence-electron chi connectivity index (χ2n) is 4.38. The first kappa shape index (κ1) is 12.2. The lowest BCUT2D eigenvalue weighted by Gasteiger charge is -2.19. The van der Waals surface area contributed by atoms with Crippen molar-refractivity contribution in [2.24, 2.45) is 0 Å². The van der Waals surface area contributed by atoms with Gasteiger partial charge in [0.05, 0.1) is 0 Å². The van der Waals surface area contributed by atoms with E-state index in [2.05, 4.69) is 18.8 Å². The van der Waals surface area contributed by atoms with Crippen LogP contribution in [0.5, 0.6) is 0 Å². The highest BCUT2D eigenvalue weighted by molar-refractivity contribution is 5.73. The summed E-state index contributed by atoms with van der Waals surface area (Å²) in [6.45, 7) is 9.33. The van der Waals surface area contributed by atoms with Crippen molar-refractivity contribution in [3.05, 3.63) is 12.7 Å². The Kier molecular flexibility index (Phi) is 4.82. The van der Waals surface area contributed by atoms with Crippen LogP contribution in [0.1, 0.15) is 33.1 Å². The third kappa shape index (κ3) is 4.04. The maximum Gasteiger partial charge on any atom is 0.219 e. The minimum Gasteiger partial charge on any atom is -0.341 e. The Hall–Kier alpha value is -0.830. The van der Waals surface area contributed by atoms with Gasteiger partial charge in [0, 0.05) is 32.1 Å². The molecule has 0 radical (unpaired) electrons. The van der Waals surface area contributed by atoms with E-state index in [-0.39, 0.29) is 5.91 Å². The molecule has 0 aromatic rings. The summed E-state index contributed by atoms with van der Waals surface area (Å²) in [5.74, 6) is 0.193. The topological polar surface area (TPSA) is 32.3 Å². The average Bonchev–Trinajstić information content (AvgIpc) is 2.63. The van der Waals surface area contributed by atoms with E-state index in [1.54, 1.807) is 6.92 Å². The van der Waals surface area contributed by atoms with Crippen LogP contribution in [-0.2, 0) is 4.79 Å². The lowest BCUT2D eigenvalue weighted by atomic mass is 10.1. The molecular weight excluding hydrogens is 188 g/mol. The summed E-state index contributed by atoms with van der Waals surface area (Å²) >= 11 is 0. The number of carbonyl (C=O) groups excluding carboxylic acids is 1. The third-order valence-electron chi connectivity index (χ3n) is 2.96. The van der Waals surface area contributed by atoms with Gasteiger partial charge in [-0.05, 0) is 26.2 Å². The molecular formula is C12H22N2O. The number of hydrogen-bond donors (Lipinski definition) is 1. The highest BCUT2D eigenvalue weighted by Crippen LogP contribution is 2.10. The number of likely N-dealkylation sites (tertiary alicyclic amines) is 1. The monoisotopic (exact) mass is 210 g/mol. The Morgan fingerprint density at radius 1 is 1.73 bits per heavy atom. The van der Waals surface area contributed by atoms with Gasteiger partial charge in [0.1, 0.15) is 0 Å². The largest absolute Gasteiger partial charge is 0.341 e. The molecule has 0 aromatic carbocycles. The Labute approximate surface area is 92.5 Å². The van der Waals surface area contributed by atoms with Gasteiger partial charge in [-0.25, -0.2) is 0 Å². The highest BCUT2D eigenvalue weighted by atomic mass is 16.2. The molecule has 1 aliphatic heterocycles. The lowest BCUT2D eigenvalue weighted by Crippen LogP contribution is -2.39. The fraction of sp³-hybridized carbons (Fsp3) is 0.750. The summed E-state index contributed by atoms with van der Waals surface area (Å²) in [5, 5.41) is 3.56. The van der Waals surface area contributed by atoms with Crippen molar-refractivity contribution >= 4 is 5.91 Å². The molecule has 0 spiro atoms. The van der Waals surface area contributed by atoms with Gasteiger partial charge in [0.2, 0.25) is 5.91 Å². The van der Waals surface area contributed by atoms with Gasteiger partial charge in [0.25, 0.3) is 0 Å². The first-order chi connectivity index (χ1) is 7.13. The zero-order valence-corrected chi connectivity index (χ0v) is 9.83. The number of allylic oxidation sites excluding steroid dienone is 1. The number of hydrogen-bond acceptors (Lipinski definition) is 2. The molecule has 2 atom stereocenters. The Bertz CT molecular complexity index is 228. The van der Waals surface area contributed by atoms with Gasteiger partial charge in [0.15, 0.2) is 0 Å². The van der Waals surface area contributed by atoms with Crippen molar-refractivity contribution in [1.29, 1.82) is 0 Å². The zero-order valence-electron chi connectivity index (χ0n) is 9.83. The molecule has 2 unspecified atom stereocenters. The predicted octanol–water partition coefficient (Wildman–Crippen LogP) is 1.55. The van der Waals surface area contributed by atoms with Crippen LogP contribution in [0, 0.1) is 0 Å². The van der Waals surface area contributed by atoms with Crippen LogP contribution in [0.3, 0.4) is 0 Å². The molecule has 1 rings (SSSR count). The number of nitrogens with zero attached hydrogens (tertiary/aromatic N) is 1. The van der Waals surface area contributed by atoms with Gasteiger partial charge < -0.3 is 10.2 Å². The summed E-state index contributed by atoms with van der Waals surface area (Å²) < 4.78 is 0. The Balaban J connectivity index is 2.23. The number of nitrogens with one attached hydrogen (secondary N) is 1. The van der Waals surface area contributed by atoms with E-state index in [0.29, 0.717) is 12.1 Å². The van der Waals surface area contributed by atoms with Crippen molar-refractivity contribution in [2.75, 3.05) is 13.1 Å². The van der Waals surface area contributed by atoms with Crippen LogP contribution in [-0.4, -0.2) is 36.0 Å². The molecule has 1 fully saturated rings. The average molecular weight is 210 g/mol. The minimum atomic E-state index is 0.193. The summed E-state index contributed by atoms with van der Waals surface area (Å²) in [6.07, 6.45) is 5.21.